The van der Waals surface area contributed by atoms with Crippen molar-refractivity contribution < 1.29 is 18.8 Å². The number of benzene rings is 2. The Morgan fingerprint density at radius 2 is 1.82 bits per heavy atom. The van der Waals surface area contributed by atoms with Gasteiger partial charge >= 0.3 is 0 Å². The Kier molecular flexibility index (Phi) is 4.59. The minimum Gasteiger partial charge on any atom is -0.467 e. The van der Waals surface area contributed by atoms with Gasteiger partial charge < -0.3 is 4.42 Å². The zero-order chi connectivity index (χ0) is 23.2. The number of nitrogens with one attached hydrogen (secondary N) is 1. The lowest BCUT2D eigenvalue weighted by molar-refractivity contribution is 0.0631. The van der Waals surface area contributed by atoms with E-state index in [0.29, 0.717) is 10.7 Å². The van der Waals surface area contributed by atoms with Crippen molar-refractivity contribution >= 4 is 40.0 Å². The molecule has 0 saturated carbocycles. The number of fused-ring (bicyclic) bond motifs is 2. The molecule has 0 spiro atoms. The molecular weight excluding hydrogens is 454 g/mol. The van der Waals surface area contributed by atoms with E-state index in [1.54, 1.807) is 16.6 Å². The first kappa shape index (κ1) is 20.1. The van der Waals surface area contributed by atoms with Crippen LogP contribution in [0.4, 0.5) is 5.95 Å². The van der Waals surface area contributed by atoms with E-state index in [4.69, 9.17) is 4.42 Å². The van der Waals surface area contributed by atoms with E-state index in [1.165, 1.54) is 35.8 Å². The normalized spacial score (nSPS) is 13.0. The molecule has 0 atom stereocenters. The zero-order valence-corrected chi connectivity index (χ0v) is 18.3. The van der Waals surface area contributed by atoms with Crippen molar-refractivity contribution in [2.24, 2.45) is 0 Å². The van der Waals surface area contributed by atoms with Gasteiger partial charge in [0.05, 0.1) is 29.6 Å². The maximum atomic E-state index is 12.9. The van der Waals surface area contributed by atoms with Crippen molar-refractivity contribution in [2.75, 3.05) is 5.32 Å². The molecule has 34 heavy (non-hydrogen) atoms. The second-order valence-electron chi connectivity index (χ2n) is 7.61. The van der Waals surface area contributed by atoms with Crippen molar-refractivity contribution in [1.29, 1.82) is 0 Å². The largest absolute Gasteiger partial charge is 0.467 e. The van der Waals surface area contributed by atoms with Crippen molar-refractivity contribution in [1.82, 2.24) is 19.5 Å². The summed E-state index contributed by atoms with van der Waals surface area (Å²) in [6.07, 6.45) is 1.48. The fraction of sp³-hybridized carbons (Fsp3) is 0.0417. The Morgan fingerprint density at radius 3 is 2.62 bits per heavy atom. The summed E-state index contributed by atoms with van der Waals surface area (Å²) in [4.78, 5) is 44.5. The van der Waals surface area contributed by atoms with Crippen molar-refractivity contribution in [2.45, 2.75) is 6.54 Å². The Morgan fingerprint density at radius 1 is 1.00 bits per heavy atom. The monoisotopic (exact) mass is 469 g/mol. The maximum Gasteiger partial charge on any atom is 0.261 e. The number of aromatic nitrogens is 3. The number of thiazole rings is 1. The van der Waals surface area contributed by atoms with E-state index in [-0.39, 0.29) is 29.2 Å². The fourth-order valence-corrected chi connectivity index (χ4v) is 4.68. The first-order valence-corrected chi connectivity index (χ1v) is 11.2. The van der Waals surface area contributed by atoms with Crippen LogP contribution in [0.1, 0.15) is 36.8 Å². The molecule has 0 saturated heterocycles. The third-order valence-corrected chi connectivity index (χ3v) is 6.32. The van der Waals surface area contributed by atoms with Crippen LogP contribution in [0.3, 0.4) is 0 Å². The predicted octanol–water partition coefficient (Wildman–Crippen LogP) is 4.10. The molecular formula is C24H15N5O4S. The molecule has 3 amide bonds. The second kappa shape index (κ2) is 7.78. The number of carbonyl (C=O) groups excluding carboxylic acids is 3. The van der Waals surface area contributed by atoms with E-state index in [2.05, 4.69) is 15.4 Å². The number of amides is 3. The number of hydrogen-bond donors (Lipinski definition) is 1. The molecule has 1 N–H and O–H groups in total. The molecule has 9 nitrogen and oxygen atoms in total. The van der Waals surface area contributed by atoms with Gasteiger partial charge in [-0.1, -0.05) is 30.3 Å². The summed E-state index contributed by atoms with van der Waals surface area (Å²) < 4.78 is 6.92. The lowest BCUT2D eigenvalue weighted by Gasteiger charge is -2.11. The minimum absolute atomic E-state index is 0.0277. The molecule has 166 valence electrons. The van der Waals surface area contributed by atoms with Crippen LogP contribution in [0.5, 0.6) is 0 Å². The lowest BCUT2D eigenvalue weighted by atomic mass is 10.1. The van der Waals surface area contributed by atoms with Gasteiger partial charge in [-0.25, -0.2) is 4.52 Å². The molecule has 4 heterocycles. The van der Waals surface area contributed by atoms with Crippen LogP contribution in [0.25, 0.3) is 16.2 Å². The molecule has 0 bridgehead atoms. The van der Waals surface area contributed by atoms with Gasteiger partial charge in [0, 0.05) is 16.5 Å². The van der Waals surface area contributed by atoms with E-state index < -0.39 is 17.7 Å². The summed E-state index contributed by atoms with van der Waals surface area (Å²) in [5.74, 6) is -0.733. The van der Waals surface area contributed by atoms with E-state index in [9.17, 15) is 14.4 Å². The summed E-state index contributed by atoms with van der Waals surface area (Å²) >= 11 is 1.41. The minimum atomic E-state index is -0.480. The summed E-state index contributed by atoms with van der Waals surface area (Å²) in [5.41, 5.74) is 2.50. The molecule has 10 heteroatoms. The molecule has 5 aromatic rings. The number of rotatable bonds is 5. The summed E-state index contributed by atoms with van der Waals surface area (Å²) in [6, 6.07) is 17.5. The Bertz CT molecular complexity index is 1570. The Labute approximate surface area is 196 Å². The van der Waals surface area contributed by atoms with E-state index in [0.717, 1.165) is 16.2 Å². The van der Waals surface area contributed by atoms with Crippen LogP contribution >= 0.6 is 11.3 Å². The van der Waals surface area contributed by atoms with Crippen LogP contribution in [-0.2, 0) is 6.54 Å². The van der Waals surface area contributed by atoms with E-state index >= 15 is 0 Å². The highest BCUT2D eigenvalue weighted by molar-refractivity contribution is 7.15. The van der Waals surface area contributed by atoms with Crippen LogP contribution in [0.15, 0.2) is 76.7 Å². The smallest absolute Gasteiger partial charge is 0.261 e. The van der Waals surface area contributed by atoms with Gasteiger partial charge in [-0.05, 0) is 30.3 Å². The molecule has 0 radical (unpaired) electrons. The number of furan rings is 1. The van der Waals surface area contributed by atoms with Gasteiger partial charge in [0.1, 0.15) is 5.76 Å². The van der Waals surface area contributed by atoms with Gasteiger partial charge in [0.2, 0.25) is 4.96 Å². The average molecular weight is 469 g/mol. The number of nitrogens with zero attached hydrogens (tertiary/aromatic N) is 4. The number of anilines is 1. The molecule has 0 unspecified atom stereocenters. The number of imide groups is 1. The highest BCUT2D eigenvalue weighted by Crippen LogP contribution is 2.27. The van der Waals surface area contributed by atoms with Crippen LogP contribution in [-0.4, -0.2) is 37.2 Å². The van der Waals surface area contributed by atoms with E-state index in [1.807, 2.05) is 35.7 Å². The Hall–Kier alpha value is -4.57. The molecule has 6 rings (SSSR count). The van der Waals surface area contributed by atoms with Gasteiger partial charge in [-0.15, -0.1) is 16.4 Å². The summed E-state index contributed by atoms with van der Waals surface area (Å²) in [5, 5.41) is 9.04. The third kappa shape index (κ3) is 3.28. The SMILES string of the molecule is O=C(Nc1nc2scc(-c3ccccc3)n2n1)c1ccc2c(c1)C(=O)N(Cc1ccco1)C2=O. The molecule has 1 aliphatic heterocycles. The number of carbonyl (C=O) groups is 3. The number of hydrogen-bond acceptors (Lipinski definition) is 7. The van der Waals surface area contributed by atoms with Crippen molar-refractivity contribution in [3.05, 3.63) is 94.8 Å². The first-order chi connectivity index (χ1) is 16.6. The molecule has 0 fully saturated rings. The van der Waals surface area contributed by atoms with Gasteiger partial charge in [-0.3, -0.25) is 24.6 Å². The van der Waals surface area contributed by atoms with Crippen LogP contribution < -0.4 is 5.32 Å². The fourth-order valence-electron chi connectivity index (χ4n) is 3.85. The summed E-state index contributed by atoms with van der Waals surface area (Å²) in [6.45, 7) is 0.0277. The standard InChI is InChI=1S/C24H15N5O4S/c30-20(25-23-26-24-29(27-23)19(13-34-24)14-5-2-1-3-6-14)15-8-9-17-18(11-15)22(32)28(21(17)31)12-16-7-4-10-33-16/h1-11,13H,12H2,(H,25,27,30). The quantitative estimate of drug-likeness (QED) is 0.388. The highest BCUT2D eigenvalue weighted by Gasteiger charge is 2.36. The van der Waals surface area contributed by atoms with Gasteiger partial charge in [0.15, 0.2) is 0 Å². The van der Waals surface area contributed by atoms with Crippen molar-refractivity contribution in [3.8, 4) is 11.3 Å². The molecule has 0 aliphatic carbocycles. The van der Waals surface area contributed by atoms with Gasteiger partial charge in [-0.2, -0.15) is 4.98 Å². The lowest BCUT2D eigenvalue weighted by Crippen LogP contribution is -2.28. The molecule has 3 aromatic heterocycles. The second-order valence-corrected chi connectivity index (χ2v) is 8.44. The van der Waals surface area contributed by atoms with Crippen LogP contribution in [0.2, 0.25) is 0 Å². The first-order valence-electron chi connectivity index (χ1n) is 10.3. The summed E-state index contributed by atoms with van der Waals surface area (Å²) in [7, 11) is 0. The van der Waals surface area contributed by atoms with Crippen LogP contribution in [0, 0.1) is 0 Å². The Balaban J connectivity index is 1.24. The average Bonchev–Trinajstić information content (AvgIpc) is 3.62. The molecule has 2 aromatic carbocycles. The maximum absolute atomic E-state index is 12.9. The third-order valence-electron chi connectivity index (χ3n) is 5.50. The molecule has 1 aliphatic rings. The van der Waals surface area contributed by atoms with Crippen molar-refractivity contribution in [3.63, 3.8) is 0 Å². The van der Waals surface area contributed by atoms with Gasteiger partial charge in [0.25, 0.3) is 23.7 Å². The predicted molar refractivity (Wildman–Crippen MR) is 124 cm³/mol. The zero-order valence-electron chi connectivity index (χ0n) is 17.5. The highest BCUT2D eigenvalue weighted by atomic mass is 32.1. The topological polar surface area (TPSA) is 110 Å².